The maximum absolute atomic E-state index is 11.6. The topological polar surface area (TPSA) is 71.8 Å². The molecule has 0 spiro atoms. The van der Waals surface area contributed by atoms with Crippen molar-refractivity contribution in [2.75, 3.05) is 0 Å². The fourth-order valence-corrected chi connectivity index (χ4v) is 2.34. The molecule has 1 fully saturated rings. The van der Waals surface area contributed by atoms with E-state index >= 15 is 0 Å². The van der Waals surface area contributed by atoms with Crippen LogP contribution in [0.15, 0.2) is 11.0 Å². The first-order valence-electron chi connectivity index (χ1n) is 6.09. The molecule has 1 aromatic heterocycles. The Morgan fingerprint density at radius 2 is 2.00 bits per heavy atom. The highest BCUT2D eigenvalue weighted by atomic mass is 16.1. The predicted octanol–water partition coefficient (Wildman–Crippen LogP) is 1.67. The first kappa shape index (κ1) is 11.3. The Morgan fingerprint density at radius 3 is 2.56 bits per heavy atom. The fraction of sp³-hybridized carbons (Fsp3) is 0.667. The van der Waals surface area contributed by atoms with Crippen LogP contribution in [0.2, 0.25) is 0 Å². The van der Waals surface area contributed by atoms with Gasteiger partial charge in [0.05, 0.1) is 0 Å². The van der Waals surface area contributed by atoms with Crippen LogP contribution in [0.3, 0.4) is 0 Å². The summed E-state index contributed by atoms with van der Waals surface area (Å²) in [6.07, 6.45) is 9.01. The van der Waals surface area contributed by atoms with Crippen LogP contribution < -0.4 is 11.3 Å². The van der Waals surface area contributed by atoms with Gasteiger partial charge in [-0.15, -0.1) is 0 Å². The molecule has 0 amide bonds. The highest BCUT2D eigenvalue weighted by Crippen LogP contribution is 2.28. The van der Waals surface area contributed by atoms with Gasteiger partial charge in [-0.2, -0.15) is 0 Å². The zero-order chi connectivity index (χ0) is 11.4. The third-order valence-electron chi connectivity index (χ3n) is 3.35. The Hall–Kier alpha value is -1.16. The molecular weight excluding hydrogens is 202 g/mol. The van der Waals surface area contributed by atoms with Crippen molar-refractivity contribution < 1.29 is 0 Å². The quantitative estimate of drug-likeness (QED) is 0.746. The molecule has 1 saturated carbocycles. The van der Waals surface area contributed by atoms with Crippen molar-refractivity contribution in [2.24, 2.45) is 5.73 Å². The number of H-pyrrole nitrogens is 1. The second-order valence-electron chi connectivity index (χ2n) is 4.52. The maximum atomic E-state index is 11.6. The molecule has 4 nitrogen and oxygen atoms in total. The average Bonchev–Trinajstić information content (AvgIpc) is 2.57. The molecule has 0 aliphatic heterocycles. The number of rotatable bonds is 2. The van der Waals surface area contributed by atoms with Gasteiger partial charge < -0.3 is 10.7 Å². The van der Waals surface area contributed by atoms with Crippen LogP contribution in [0, 0.1) is 0 Å². The van der Waals surface area contributed by atoms with E-state index < -0.39 is 0 Å². The average molecular weight is 221 g/mol. The molecule has 3 N–H and O–H groups in total. The molecule has 16 heavy (non-hydrogen) atoms. The highest BCUT2D eigenvalue weighted by molar-refractivity contribution is 5.07. The van der Waals surface area contributed by atoms with Crippen LogP contribution in [-0.2, 0) is 6.54 Å². The molecule has 0 unspecified atom stereocenters. The maximum Gasteiger partial charge on any atom is 0.255 e. The first-order chi connectivity index (χ1) is 7.81. The summed E-state index contributed by atoms with van der Waals surface area (Å²) >= 11 is 0. The molecule has 1 aliphatic carbocycles. The van der Waals surface area contributed by atoms with Gasteiger partial charge in [-0.25, -0.2) is 4.98 Å². The summed E-state index contributed by atoms with van der Waals surface area (Å²) in [4.78, 5) is 18.8. The zero-order valence-electron chi connectivity index (χ0n) is 9.54. The Kier molecular flexibility index (Phi) is 3.72. The van der Waals surface area contributed by atoms with Crippen molar-refractivity contribution in [3.63, 3.8) is 0 Å². The minimum absolute atomic E-state index is 0.0725. The van der Waals surface area contributed by atoms with Crippen LogP contribution in [0.5, 0.6) is 0 Å². The molecule has 0 atom stereocenters. The summed E-state index contributed by atoms with van der Waals surface area (Å²) in [5, 5.41) is 0. The van der Waals surface area contributed by atoms with Crippen LogP contribution in [-0.4, -0.2) is 9.97 Å². The van der Waals surface area contributed by atoms with E-state index in [2.05, 4.69) is 9.97 Å². The Bertz CT molecular complexity index is 391. The minimum atomic E-state index is -0.0725. The van der Waals surface area contributed by atoms with Gasteiger partial charge in [0, 0.05) is 24.2 Å². The molecule has 4 heteroatoms. The number of nitrogens with one attached hydrogen (secondary N) is 1. The summed E-state index contributed by atoms with van der Waals surface area (Å²) in [6.45, 7) is 0.257. The van der Waals surface area contributed by atoms with E-state index in [9.17, 15) is 4.79 Å². The van der Waals surface area contributed by atoms with Crippen molar-refractivity contribution in [1.29, 1.82) is 0 Å². The molecule has 1 aromatic rings. The molecule has 0 radical (unpaired) electrons. The normalized spacial score (nSPS) is 18.3. The molecule has 88 valence electrons. The molecular formula is C12H19N3O. The molecule has 0 bridgehead atoms. The van der Waals surface area contributed by atoms with E-state index in [4.69, 9.17) is 5.73 Å². The minimum Gasteiger partial charge on any atom is -0.326 e. The number of nitrogens with two attached hydrogens (primary N) is 1. The fourth-order valence-electron chi connectivity index (χ4n) is 2.34. The molecule has 0 saturated heterocycles. The lowest BCUT2D eigenvalue weighted by atomic mass is 9.99. The van der Waals surface area contributed by atoms with Gasteiger partial charge in [0.15, 0.2) is 0 Å². The Labute approximate surface area is 95.3 Å². The van der Waals surface area contributed by atoms with Crippen molar-refractivity contribution in [3.05, 3.63) is 27.9 Å². The molecule has 1 aliphatic rings. The number of aromatic amines is 1. The molecule has 0 aromatic carbocycles. The van der Waals surface area contributed by atoms with Crippen molar-refractivity contribution >= 4 is 0 Å². The van der Waals surface area contributed by atoms with E-state index in [1.165, 1.54) is 25.7 Å². The third-order valence-corrected chi connectivity index (χ3v) is 3.35. The lowest BCUT2D eigenvalue weighted by Crippen LogP contribution is -2.20. The zero-order valence-corrected chi connectivity index (χ0v) is 9.54. The van der Waals surface area contributed by atoms with Crippen LogP contribution in [0.25, 0.3) is 0 Å². The van der Waals surface area contributed by atoms with E-state index in [-0.39, 0.29) is 12.1 Å². The van der Waals surface area contributed by atoms with Gasteiger partial charge in [0.1, 0.15) is 5.82 Å². The molecule has 1 heterocycles. The van der Waals surface area contributed by atoms with Gasteiger partial charge in [-0.3, -0.25) is 4.79 Å². The van der Waals surface area contributed by atoms with Crippen molar-refractivity contribution in [2.45, 2.75) is 51.0 Å². The lowest BCUT2D eigenvalue weighted by molar-refractivity contribution is 0.557. The van der Waals surface area contributed by atoms with Gasteiger partial charge in [0.2, 0.25) is 0 Å². The third kappa shape index (κ3) is 2.50. The smallest absolute Gasteiger partial charge is 0.255 e. The van der Waals surface area contributed by atoms with Crippen LogP contribution in [0.4, 0.5) is 0 Å². The van der Waals surface area contributed by atoms with Crippen LogP contribution in [0.1, 0.15) is 55.8 Å². The van der Waals surface area contributed by atoms with Crippen molar-refractivity contribution in [3.8, 4) is 0 Å². The van der Waals surface area contributed by atoms with Gasteiger partial charge in [0.25, 0.3) is 5.56 Å². The van der Waals surface area contributed by atoms with Gasteiger partial charge in [-0.05, 0) is 12.8 Å². The van der Waals surface area contributed by atoms with E-state index in [0.29, 0.717) is 11.5 Å². The summed E-state index contributed by atoms with van der Waals surface area (Å²) in [5.74, 6) is 1.28. The lowest BCUT2D eigenvalue weighted by Gasteiger charge is -2.12. The SMILES string of the molecule is NCc1cnc(C2CCCCCC2)[nH]c1=O. The predicted molar refractivity (Wildman–Crippen MR) is 63.2 cm³/mol. The second-order valence-corrected chi connectivity index (χ2v) is 4.52. The molecule has 2 rings (SSSR count). The summed E-state index contributed by atoms with van der Waals surface area (Å²) < 4.78 is 0. The standard InChI is InChI=1S/C12H19N3O/c13-7-10-8-14-11(15-12(10)16)9-5-3-1-2-4-6-9/h8-9H,1-7,13H2,(H,14,15,16). The van der Waals surface area contributed by atoms with Gasteiger partial charge >= 0.3 is 0 Å². The largest absolute Gasteiger partial charge is 0.326 e. The monoisotopic (exact) mass is 221 g/mol. The van der Waals surface area contributed by atoms with E-state index in [1.807, 2.05) is 0 Å². The number of hydrogen-bond acceptors (Lipinski definition) is 3. The van der Waals surface area contributed by atoms with Gasteiger partial charge in [-0.1, -0.05) is 25.7 Å². The van der Waals surface area contributed by atoms with Crippen LogP contribution >= 0.6 is 0 Å². The second kappa shape index (κ2) is 5.25. The Balaban J connectivity index is 2.19. The summed E-state index contributed by atoms with van der Waals surface area (Å²) in [5.41, 5.74) is 5.94. The number of hydrogen-bond donors (Lipinski definition) is 2. The number of nitrogens with zero attached hydrogens (tertiary/aromatic N) is 1. The van der Waals surface area contributed by atoms with E-state index in [1.54, 1.807) is 6.20 Å². The summed E-state index contributed by atoms with van der Waals surface area (Å²) in [7, 11) is 0. The van der Waals surface area contributed by atoms with Crippen molar-refractivity contribution in [1.82, 2.24) is 9.97 Å². The number of aromatic nitrogens is 2. The first-order valence-corrected chi connectivity index (χ1v) is 6.09. The summed E-state index contributed by atoms with van der Waals surface area (Å²) in [6, 6.07) is 0. The highest BCUT2D eigenvalue weighted by Gasteiger charge is 2.16. The Morgan fingerprint density at radius 1 is 1.31 bits per heavy atom. The van der Waals surface area contributed by atoms with E-state index in [0.717, 1.165) is 18.7 Å².